The molecule has 1 saturated heterocycles. The predicted octanol–water partition coefficient (Wildman–Crippen LogP) is -0.586. The third-order valence-electron chi connectivity index (χ3n) is 4.08. The van der Waals surface area contributed by atoms with Crippen molar-refractivity contribution in [3.05, 3.63) is 35.4 Å². The summed E-state index contributed by atoms with van der Waals surface area (Å²) in [5.41, 5.74) is 7.65. The van der Waals surface area contributed by atoms with Crippen LogP contribution in [0.4, 0.5) is 0 Å². The van der Waals surface area contributed by atoms with Gasteiger partial charge in [0.05, 0.1) is 13.2 Å². The highest BCUT2D eigenvalue weighted by Crippen LogP contribution is 2.24. The number of nitrogens with two attached hydrogens (primary N) is 1. The zero-order chi connectivity index (χ0) is 14.8. The van der Waals surface area contributed by atoms with E-state index in [1.165, 1.54) is 0 Å². The van der Waals surface area contributed by atoms with Gasteiger partial charge < -0.3 is 20.7 Å². The third-order valence-corrected chi connectivity index (χ3v) is 4.08. The molecule has 0 radical (unpaired) electrons. The molecule has 0 bridgehead atoms. The van der Waals surface area contributed by atoms with Crippen LogP contribution in [0.2, 0.25) is 0 Å². The summed E-state index contributed by atoms with van der Waals surface area (Å²) < 4.78 is 5.33. The predicted molar refractivity (Wildman–Crippen MR) is 76.3 cm³/mol. The highest BCUT2D eigenvalue weighted by molar-refractivity contribution is 5.90. The summed E-state index contributed by atoms with van der Waals surface area (Å²) in [5.74, 6) is -0.581. The molecule has 2 atom stereocenters. The Balaban J connectivity index is 1.85. The third kappa shape index (κ3) is 2.77. The molecule has 0 saturated carbocycles. The summed E-state index contributed by atoms with van der Waals surface area (Å²) in [4.78, 5) is 26.0. The van der Waals surface area contributed by atoms with Gasteiger partial charge in [-0.15, -0.1) is 0 Å². The quantitative estimate of drug-likeness (QED) is 0.762. The van der Waals surface area contributed by atoms with E-state index in [1.54, 1.807) is 4.90 Å². The van der Waals surface area contributed by atoms with Crippen molar-refractivity contribution in [3.8, 4) is 0 Å². The molecule has 1 unspecified atom stereocenters. The fraction of sp³-hybridized carbons (Fsp3) is 0.467. The zero-order valence-electron chi connectivity index (χ0n) is 11.7. The van der Waals surface area contributed by atoms with Gasteiger partial charge in [0, 0.05) is 19.5 Å². The molecular weight excluding hydrogens is 270 g/mol. The summed E-state index contributed by atoms with van der Waals surface area (Å²) in [7, 11) is 0. The van der Waals surface area contributed by atoms with Crippen LogP contribution < -0.4 is 11.1 Å². The topological polar surface area (TPSA) is 84.7 Å². The van der Waals surface area contributed by atoms with Gasteiger partial charge in [-0.25, -0.2) is 0 Å². The van der Waals surface area contributed by atoms with Gasteiger partial charge in [0.1, 0.15) is 12.1 Å². The Morgan fingerprint density at radius 1 is 1.29 bits per heavy atom. The number of rotatable bonds is 2. The van der Waals surface area contributed by atoms with Crippen molar-refractivity contribution in [3.63, 3.8) is 0 Å². The Morgan fingerprint density at radius 2 is 2.05 bits per heavy atom. The standard InChI is InChI=1S/C15H19N3O3/c16-14(19)13-7-10-3-1-2-4-11(10)8-18(13)15(20)12-9-21-6-5-17-12/h1-4,12-13,17H,5-9H2,(H2,16,19)/t12?,13-/m0/s1. The lowest BCUT2D eigenvalue weighted by molar-refractivity contribution is -0.144. The molecule has 3 rings (SSSR count). The second kappa shape index (κ2) is 5.83. The van der Waals surface area contributed by atoms with Crippen LogP contribution in [0.3, 0.4) is 0 Å². The minimum atomic E-state index is -0.587. The van der Waals surface area contributed by atoms with Crippen molar-refractivity contribution in [2.75, 3.05) is 19.8 Å². The molecule has 21 heavy (non-hydrogen) atoms. The Hall–Kier alpha value is -1.92. The number of hydrogen-bond donors (Lipinski definition) is 2. The minimum absolute atomic E-state index is 0.118. The number of morpholine rings is 1. The van der Waals surface area contributed by atoms with E-state index in [0.717, 1.165) is 11.1 Å². The van der Waals surface area contributed by atoms with Crippen molar-refractivity contribution >= 4 is 11.8 Å². The molecule has 2 aliphatic rings. The van der Waals surface area contributed by atoms with Crippen molar-refractivity contribution in [2.24, 2.45) is 5.73 Å². The maximum atomic E-state index is 12.7. The van der Waals surface area contributed by atoms with Crippen LogP contribution >= 0.6 is 0 Å². The first kappa shape index (κ1) is 14.0. The normalized spacial score (nSPS) is 25.2. The van der Waals surface area contributed by atoms with Crippen LogP contribution in [-0.4, -0.2) is 48.6 Å². The van der Waals surface area contributed by atoms with Gasteiger partial charge in [0.15, 0.2) is 0 Å². The number of hydrogen-bond acceptors (Lipinski definition) is 4. The summed E-state index contributed by atoms with van der Waals surface area (Å²) in [6.07, 6.45) is 0.477. The average Bonchev–Trinajstić information content (AvgIpc) is 2.53. The molecule has 1 aromatic rings. The number of fused-ring (bicyclic) bond motifs is 1. The molecule has 1 aromatic carbocycles. The number of ether oxygens (including phenoxy) is 1. The van der Waals surface area contributed by atoms with Crippen LogP contribution in [0.5, 0.6) is 0 Å². The number of benzene rings is 1. The molecule has 2 amide bonds. The molecule has 3 N–H and O–H groups in total. The van der Waals surface area contributed by atoms with E-state index in [4.69, 9.17) is 10.5 Å². The number of amides is 2. The first-order valence-electron chi connectivity index (χ1n) is 7.14. The van der Waals surface area contributed by atoms with Gasteiger partial charge in [-0.1, -0.05) is 24.3 Å². The summed E-state index contributed by atoms with van der Waals surface area (Å²) >= 11 is 0. The Labute approximate surface area is 123 Å². The number of carbonyl (C=O) groups excluding carboxylic acids is 2. The summed E-state index contributed by atoms with van der Waals surface area (Å²) in [5, 5.41) is 3.13. The molecule has 6 nitrogen and oxygen atoms in total. The van der Waals surface area contributed by atoms with E-state index < -0.39 is 18.0 Å². The zero-order valence-corrected chi connectivity index (χ0v) is 11.7. The number of nitrogens with zero attached hydrogens (tertiary/aromatic N) is 1. The van der Waals surface area contributed by atoms with Gasteiger partial charge in [-0.2, -0.15) is 0 Å². The summed E-state index contributed by atoms with van der Waals surface area (Å²) in [6, 6.07) is 6.85. The first-order valence-corrected chi connectivity index (χ1v) is 7.14. The molecule has 1 fully saturated rings. The number of carbonyl (C=O) groups is 2. The molecule has 0 aliphatic carbocycles. The largest absolute Gasteiger partial charge is 0.378 e. The van der Waals surface area contributed by atoms with E-state index in [0.29, 0.717) is 32.7 Å². The van der Waals surface area contributed by atoms with Crippen LogP contribution in [0.25, 0.3) is 0 Å². The van der Waals surface area contributed by atoms with Crippen LogP contribution in [-0.2, 0) is 27.3 Å². The fourth-order valence-corrected chi connectivity index (χ4v) is 2.93. The van der Waals surface area contributed by atoms with Gasteiger partial charge in [-0.3, -0.25) is 9.59 Å². The number of primary amides is 1. The molecule has 0 aromatic heterocycles. The Kier molecular flexibility index (Phi) is 3.90. The maximum absolute atomic E-state index is 12.7. The van der Waals surface area contributed by atoms with E-state index in [2.05, 4.69) is 5.32 Å². The monoisotopic (exact) mass is 289 g/mol. The van der Waals surface area contributed by atoms with E-state index in [1.807, 2.05) is 24.3 Å². The minimum Gasteiger partial charge on any atom is -0.378 e. The van der Waals surface area contributed by atoms with Crippen molar-refractivity contribution in [1.29, 1.82) is 0 Å². The van der Waals surface area contributed by atoms with E-state index in [-0.39, 0.29) is 5.91 Å². The SMILES string of the molecule is NC(=O)[C@@H]1Cc2ccccc2CN1C(=O)C1COCCN1. The maximum Gasteiger partial charge on any atom is 0.243 e. The number of nitrogens with one attached hydrogen (secondary N) is 1. The van der Waals surface area contributed by atoms with E-state index >= 15 is 0 Å². The lowest BCUT2D eigenvalue weighted by Gasteiger charge is -2.38. The molecule has 2 heterocycles. The average molecular weight is 289 g/mol. The van der Waals surface area contributed by atoms with Crippen molar-refractivity contribution in [1.82, 2.24) is 10.2 Å². The highest BCUT2D eigenvalue weighted by atomic mass is 16.5. The van der Waals surface area contributed by atoms with E-state index in [9.17, 15) is 9.59 Å². The Bertz CT molecular complexity index is 555. The molecule has 2 aliphatic heterocycles. The molecular formula is C15H19N3O3. The second-order valence-electron chi connectivity index (χ2n) is 5.44. The van der Waals surface area contributed by atoms with Crippen molar-refractivity contribution in [2.45, 2.75) is 25.0 Å². The van der Waals surface area contributed by atoms with Crippen molar-refractivity contribution < 1.29 is 14.3 Å². The van der Waals surface area contributed by atoms with Crippen LogP contribution in [0.1, 0.15) is 11.1 Å². The van der Waals surface area contributed by atoms with Crippen LogP contribution in [0, 0.1) is 0 Å². The molecule has 112 valence electrons. The lowest BCUT2D eigenvalue weighted by atomic mass is 9.93. The summed E-state index contributed by atoms with van der Waals surface area (Å²) in [6.45, 7) is 2.00. The molecule has 0 spiro atoms. The smallest absolute Gasteiger partial charge is 0.243 e. The lowest BCUT2D eigenvalue weighted by Crippen LogP contribution is -2.58. The van der Waals surface area contributed by atoms with Gasteiger partial charge in [-0.05, 0) is 11.1 Å². The first-order chi connectivity index (χ1) is 10.2. The van der Waals surface area contributed by atoms with Gasteiger partial charge >= 0.3 is 0 Å². The fourth-order valence-electron chi connectivity index (χ4n) is 2.93. The highest BCUT2D eigenvalue weighted by Gasteiger charge is 2.36. The van der Waals surface area contributed by atoms with Gasteiger partial charge in [0.25, 0.3) is 0 Å². The molecule has 6 heteroatoms. The Morgan fingerprint density at radius 3 is 2.71 bits per heavy atom. The van der Waals surface area contributed by atoms with Crippen LogP contribution in [0.15, 0.2) is 24.3 Å². The van der Waals surface area contributed by atoms with Gasteiger partial charge in [0.2, 0.25) is 11.8 Å². The second-order valence-corrected chi connectivity index (χ2v) is 5.44.